The Morgan fingerprint density at radius 3 is 1.70 bits per heavy atom. The summed E-state index contributed by atoms with van der Waals surface area (Å²) in [5, 5.41) is 4.45. The molecule has 10 aromatic carbocycles. The zero-order valence-electron chi connectivity index (χ0n) is 35.7. The quantitative estimate of drug-likeness (QED) is 0.166. The van der Waals surface area contributed by atoms with E-state index in [2.05, 4.69) is 243 Å². The van der Waals surface area contributed by atoms with E-state index in [1.807, 2.05) is 0 Å². The van der Waals surface area contributed by atoms with Crippen molar-refractivity contribution >= 4 is 49.8 Å². The molecule has 2 aliphatic carbocycles. The van der Waals surface area contributed by atoms with E-state index in [0.717, 1.165) is 44.4 Å². The molecule has 13 rings (SSSR count). The van der Waals surface area contributed by atoms with Crippen LogP contribution in [0.15, 0.2) is 229 Å². The normalized spacial score (nSPS) is 14.0. The Balaban J connectivity index is 1.09. The van der Waals surface area contributed by atoms with Crippen LogP contribution in [0.1, 0.15) is 47.2 Å². The topological polar surface area (TPSA) is 16.4 Å². The van der Waals surface area contributed by atoms with Crippen molar-refractivity contribution in [1.82, 2.24) is 0 Å². The minimum Gasteiger partial charge on any atom is -0.455 e. The lowest BCUT2D eigenvalue weighted by Crippen LogP contribution is -2.28. The number of para-hydroxylation sites is 1. The van der Waals surface area contributed by atoms with Crippen LogP contribution in [-0.2, 0) is 10.8 Å². The minimum absolute atomic E-state index is 0.139. The maximum Gasteiger partial charge on any atom is 0.143 e. The van der Waals surface area contributed by atoms with Crippen molar-refractivity contribution in [3.05, 3.63) is 258 Å². The Morgan fingerprint density at radius 2 is 0.953 bits per heavy atom. The first-order valence-corrected chi connectivity index (χ1v) is 22.3. The van der Waals surface area contributed by atoms with Gasteiger partial charge in [-0.1, -0.05) is 196 Å². The van der Waals surface area contributed by atoms with Crippen LogP contribution in [0.5, 0.6) is 0 Å². The highest BCUT2D eigenvalue weighted by Crippen LogP contribution is 2.59. The van der Waals surface area contributed by atoms with Crippen molar-refractivity contribution < 1.29 is 4.42 Å². The first-order valence-electron chi connectivity index (χ1n) is 22.3. The van der Waals surface area contributed by atoms with Crippen molar-refractivity contribution in [1.29, 1.82) is 0 Å². The summed E-state index contributed by atoms with van der Waals surface area (Å²) in [6.45, 7) is 4.71. The van der Waals surface area contributed by atoms with Gasteiger partial charge in [0.1, 0.15) is 11.2 Å². The van der Waals surface area contributed by atoms with Crippen molar-refractivity contribution in [2.24, 2.45) is 0 Å². The lowest BCUT2D eigenvalue weighted by molar-refractivity contribution is 0.660. The molecular weight excluding hydrogens is 775 g/mol. The zero-order valence-corrected chi connectivity index (χ0v) is 35.7. The van der Waals surface area contributed by atoms with Gasteiger partial charge >= 0.3 is 0 Å². The highest BCUT2D eigenvalue weighted by atomic mass is 16.3. The van der Waals surface area contributed by atoms with E-state index < -0.39 is 5.41 Å². The standard InChI is InChI=1S/C62H43NO/c1-61(2)52-31-16-14-27-45(52)46-37-36-43(38-55(46)61)63(42-24-10-5-11-25-42)56-34-19-35-57-59(56)51-39-50(44-26-12-13-28-48(44)60(51)64-57)47-30-18-33-54-58(47)49-29-15-17-32-53(49)62(54,40-20-6-3-7-21-40)41-22-8-4-9-23-41/h3-39H,1-2H3. The van der Waals surface area contributed by atoms with Crippen molar-refractivity contribution in [2.45, 2.75) is 24.7 Å². The monoisotopic (exact) mass is 817 g/mol. The first-order chi connectivity index (χ1) is 31.5. The van der Waals surface area contributed by atoms with E-state index in [9.17, 15) is 0 Å². The number of nitrogens with zero attached hydrogens (tertiary/aromatic N) is 1. The van der Waals surface area contributed by atoms with Crippen LogP contribution in [0.2, 0.25) is 0 Å². The zero-order chi connectivity index (χ0) is 42.6. The van der Waals surface area contributed by atoms with Gasteiger partial charge in [0.05, 0.1) is 16.5 Å². The second-order valence-corrected chi connectivity index (χ2v) is 17.9. The smallest absolute Gasteiger partial charge is 0.143 e. The fourth-order valence-electron chi connectivity index (χ4n) is 11.6. The molecule has 1 aromatic heterocycles. The Hall–Kier alpha value is -7.94. The molecule has 0 unspecified atom stereocenters. The van der Waals surface area contributed by atoms with Crippen molar-refractivity contribution in [2.75, 3.05) is 4.90 Å². The molecule has 1 heterocycles. The predicted molar refractivity (Wildman–Crippen MR) is 266 cm³/mol. The van der Waals surface area contributed by atoms with Crippen LogP contribution in [0, 0.1) is 0 Å². The summed E-state index contributed by atoms with van der Waals surface area (Å²) in [5.41, 5.74) is 19.8. The molecule has 0 spiro atoms. The van der Waals surface area contributed by atoms with Crippen LogP contribution in [0.4, 0.5) is 17.1 Å². The highest BCUT2D eigenvalue weighted by molar-refractivity contribution is 6.23. The maximum absolute atomic E-state index is 7.04. The molecule has 0 amide bonds. The Kier molecular flexibility index (Phi) is 7.90. The Morgan fingerprint density at radius 1 is 0.375 bits per heavy atom. The van der Waals surface area contributed by atoms with E-state index in [1.54, 1.807) is 0 Å². The van der Waals surface area contributed by atoms with Crippen LogP contribution < -0.4 is 4.90 Å². The second-order valence-electron chi connectivity index (χ2n) is 17.9. The van der Waals surface area contributed by atoms with Gasteiger partial charge in [-0.3, -0.25) is 0 Å². The molecule has 2 heteroatoms. The molecule has 0 aliphatic heterocycles. The van der Waals surface area contributed by atoms with Gasteiger partial charge in [0.2, 0.25) is 0 Å². The fourth-order valence-corrected chi connectivity index (χ4v) is 11.6. The number of anilines is 3. The molecule has 0 atom stereocenters. The van der Waals surface area contributed by atoms with E-state index in [1.165, 1.54) is 72.1 Å². The van der Waals surface area contributed by atoms with Crippen LogP contribution in [0.3, 0.4) is 0 Å². The largest absolute Gasteiger partial charge is 0.455 e. The third-order valence-electron chi connectivity index (χ3n) is 14.3. The average molecular weight is 818 g/mol. The van der Waals surface area contributed by atoms with E-state index in [0.29, 0.717) is 0 Å². The molecule has 0 fully saturated rings. The molecule has 64 heavy (non-hydrogen) atoms. The third kappa shape index (κ3) is 5.02. The van der Waals surface area contributed by atoms with Gasteiger partial charge in [0, 0.05) is 27.6 Å². The second kappa shape index (κ2) is 13.8. The molecule has 0 N–H and O–H groups in total. The molecule has 0 bridgehead atoms. The van der Waals surface area contributed by atoms with Gasteiger partial charge < -0.3 is 9.32 Å². The van der Waals surface area contributed by atoms with E-state index >= 15 is 0 Å². The number of hydrogen-bond acceptors (Lipinski definition) is 2. The van der Waals surface area contributed by atoms with Gasteiger partial charge in [0.15, 0.2) is 0 Å². The number of benzene rings is 10. The summed E-state index contributed by atoms with van der Waals surface area (Å²) in [6, 6.07) is 82.6. The summed E-state index contributed by atoms with van der Waals surface area (Å²) in [4.78, 5) is 2.43. The number of hydrogen-bond donors (Lipinski definition) is 0. The summed E-state index contributed by atoms with van der Waals surface area (Å²) < 4.78 is 7.04. The summed E-state index contributed by atoms with van der Waals surface area (Å²) in [5.74, 6) is 0. The summed E-state index contributed by atoms with van der Waals surface area (Å²) in [6.07, 6.45) is 0. The van der Waals surface area contributed by atoms with Gasteiger partial charge in [-0.2, -0.15) is 0 Å². The molecule has 0 radical (unpaired) electrons. The van der Waals surface area contributed by atoms with Crippen LogP contribution >= 0.6 is 0 Å². The summed E-state index contributed by atoms with van der Waals surface area (Å²) >= 11 is 0. The van der Waals surface area contributed by atoms with Gasteiger partial charge in [-0.25, -0.2) is 0 Å². The average Bonchev–Trinajstić information content (AvgIpc) is 3.97. The molecule has 0 saturated carbocycles. The molecule has 302 valence electrons. The van der Waals surface area contributed by atoms with Crippen molar-refractivity contribution in [3.8, 4) is 33.4 Å². The first kappa shape index (κ1) is 36.7. The number of fused-ring (bicyclic) bond motifs is 11. The number of rotatable bonds is 6. The number of furan rings is 1. The maximum atomic E-state index is 7.04. The Labute approximate surface area is 373 Å². The molecule has 2 aliphatic rings. The molecule has 0 saturated heterocycles. The molecule has 11 aromatic rings. The Bertz CT molecular complexity index is 3600. The van der Waals surface area contributed by atoms with E-state index in [-0.39, 0.29) is 5.41 Å². The van der Waals surface area contributed by atoms with E-state index in [4.69, 9.17) is 4.42 Å². The molecule has 2 nitrogen and oxygen atoms in total. The predicted octanol–water partition coefficient (Wildman–Crippen LogP) is 16.5. The lowest BCUT2D eigenvalue weighted by atomic mass is 9.67. The van der Waals surface area contributed by atoms with Gasteiger partial charge in [-0.05, 0) is 115 Å². The highest BCUT2D eigenvalue weighted by Gasteiger charge is 2.47. The fraction of sp³-hybridized carbons (Fsp3) is 0.0645. The van der Waals surface area contributed by atoms with Crippen molar-refractivity contribution in [3.63, 3.8) is 0 Å². The third-order valence-corrected chi connectivity index (χ3v) is 14.3. The minimum atomic E-state index is -0.498. The van der Waals surface area contributed by atoms with Gasteiger partial charge in [0.25, 0.3) is 0 Å². The lowest BCUT2D eigenvalue weighted by Gasteiger charge is -2.34. The van der Waals surface area contributed by atoms with Gasteiger partial charge in [-0.15, -0.1) is 0 Å². The summed E-state index contributed by atoms with van der Waals surface area (Å²) in [7, 11) is 0. The van der Waals surface area contributed by atoms with Crippen LogP contribution in [-0.4, -0.2) is 0 Å². The van der Waals surface area contributed by atoms with Crippen LogP contribution in [0.25, 0.3) is 66.1 Å². The molecular formula is C62H43NO. The SMILES string of the molecule is CC1(C)c2ccccc2-c2ccc(N(c3ccccc3)c3cccc4oc5c6ccccc6c(-c6cccc7c6-c6ccccc6C7(c6ccccc6)c6ccccc6)cc5c34)cc21.